The molecule has 0 heterocycles. The number of hydrogen-bond acceptors (Lipinski definition) is 2. The molecule has 0 spiro atoms. The molecule has 0 saturated heterocycles. The molecule has 1 aromatic carbocycles. The molecule has 1 rings (SSSR count). The minimum atomic E-state index is -0.593. The van der Waals surface area contributed by atoms with Crippen LogP contribution >= 0.6 is 15.9 Å². The zero-order valence-corrected chi connectivity index (χ0v) is 10.5. The molecule has 0 radical (unpaired) electrons. The van der Waals surface area contributed by atoms with E-state index < -0.39 is 10.7 Å². The van der Waals surface area contributed by atoms with Crippen LogP contribution in [0.2, 0.25) is 0 Å². The normalized spacial score (nSPS) is 12.4. The maximum atomic E-state index is 13.5. The van der Waals surface area contributed by atoms with E-state index in [4.69, 9.17) is 0 Å². The van der Waals surface area contributed by atoms with Gasteiger partial charge in [0.05, 0.1) is 11.0 Å². The van der Waals surface area contributed by atoms with E-state index in [1.54, 1.807) is 0 Å². The third kappa shape index (κ3) is 3.56. The first-order chi connectivity index (χ1) is 7.54. The fraction of sp³-hybridized carbons (Fsp3) is 0.455. The van der Waals surface area contributed by atoms with Crippen LogP contribution in [0.25, 0.3) is 0 Å². The molecule has 0 aromatic heterocycles. The monoisotopic (exact) mass is 289 g/mol. The van der Waals surface area contributed by atoms with Crippen LogP contribution < -0.4 is 0 Å². The largest absolute Gasteiger partial charge is 0.272 e. The molecule has 0 aliphatic rings. The van der Waals surface area contributed by atoms with Gasteiger partial charge in [-0.25, -0.2) is 4.39 Å². The molecule has 0 saturated carbocycles. The highest BCUT2D eigenvalue weighted by Gasteiger charge is 2.13. The van der Waals surface area contributed by atoms with Gasteiger partial charge in [0.2, 0.25) is 0 Å². The standard InChI is InChI=1S/C11H13BrFNO2/c1-2-3-9(12)6-8-4-5-10(14(15)16)7-11(8)13/h4-5,7,9H,2-3,6H2,1H3. The van der Waals surface area contributed by atoms with E-state index in [2.05, 4.69) is 22.9 Å². The van der Waals surface area contributed by atoms with E-state index in [1.807, 2.05) is 0 Å². The van der Waals surface area contributed by atoms with Crippen molar-refractivity contribution in [3.05, 3.63) is 39.7 Å². The average Bonchev–Trinajstić information content (AvgIpc) is 2.21. The van der Waals surface area contributed by atoms with Gasteiger partial charge in [-0.2, -0.15) is 0 Å². The Morgan fingerprint density at radius 2 is 2.25 bits per heavy atom. The van der Waals surface area contributed by atoms with Crippen LogP contribution in [0.4, 0.5) is 10.1 Å². The van der Waals surface area contributed by atoms with Gasteiger partial charge in [-0.05, 0) is 24.5 Å². The fourth-order valence-corrected chi connectivity index (χ4v) is 2.28. The molecule has 0 bridgehead atoms. The molecule has 16 heavy (non-hydrogen) atoms. The number of nitro groups is 1. The van der Waals surface area contributed by atoms with Crippen LogP contribution in [-0.4, -0.2) is 9.75 Å². The molecule has 0 amide bonds. The van der Waals surface area contributed by atoms with Gasteiger partial charge in [0, 0.05) is 10.9 Å². The maximum Gasteiger partial charge on any atom is 0.272 e. The number of nitro benzene ring substituents is 1. The molecule has 1 atom stereocenters. The van der Waals surface area contributed by atoms with Crippen LogP contribution in [0.1, 0.15) is 25.3 Å². The van der Waals surface area contributed by atoms with Crippen molar-refractivity contribution < 1.29 is 9.31 Å². The molecule has 1 unspecified atom stereocenters. The van der Waals surface area contributed by atoms with E-state index in [9.17, 15) is 14.5 Å². The SMILES string of the molecule is CCCC(Br)Cc1ccc([N+](=O)[O-])cc1F. The van der Waals surface area contributed by atoms with Crippen molar-refractivity contribution in [2.45, 2.75) is 31.0 Å². The summed E-state index contributed by atoms with van der Waals surface area (Å²) in [7, 11) is 0. The first-order valence-corrected chi connectivity index (χ1v) is 6.03. The van der Waals surface area contributed by atoms with E-state index in [0.717, 1.165) is 18.9 Å². The molecular formula is C11H13BrFNO2. The van der Waals surface area contributed by atoms with Gasteiger partial charge in [0.1, 0.15) is 5.82 Å². The van der Waals surface area contributed by atoms with Crippen molar-refractivity contribution in [1.29, 1.82) is 0 Å². The van der Waals surface area contributed by atoms with Gasteiger partial charge in [0.25, 0.3) is 5.69 Å². The first kappa shape index (κ1) is 13.1. The first-order valence-electron chi connectivity index (χ1n) is 5.11. The molecule has 0 aliphatic carbocycles. The van der Waals surface area contributed by atoms with Crippen LogP contribution in [0, 0.1) is 15.9 Å². The Kier molecular flexibility index (Phi) is 4.86. The lowest BCUT2D eigenvalue weighted by molar-refractivity contribution is -0.385. The molecular weight excluding hydrogens is 277 g/mol. The summed E-state index contributed by atoms with van der Waals surface area (Å²) in [5.74, 6) is -0.505. The second-order valence-electron chi connectivity index (χ2n) is 3.62. The molecule has 3 nitrogen and oxygen atoms in total. The highest BCUT2D eigenvalue weighted by molar-refractivity contribution is 9.09. The topological polar surface area (TPSA) is 43.1 Å². The Hall–Kier alpha value is -0.970. The second kappa shape index (κ2) is 5.94. The van der Waals surface area contributed by atoms with Crippen molar-refractivity contribution in [1.82, 2.24) is 0 Å². The summed E-state index contributed by atoms with van der Waals surface area (Å²) >= 11 is 3.46. The fourth-order valence-electron chi connectivity index (χ4n) is 1.47. The molecule has 88 valence electrons. The molecule has 5 heteroatoms. The van der Waals surface area contributed by atoms with Crippen LogP contribution in [0.3, 0.4) is 0 Å². The van der Waals surface area contributed by atoms with Crippen molar-refractivity contribution in [3.63, 3.8) is 0 Å². The van der Waals surface area contributed by atoms with Gasteiger partial charge in [0.15, 0.2) is 0 Å². The summed E-state index contributed by atoms with van der Waals surface area (Å²) in [4.78, 5) is 10.0. The Morgan fingerprint density at radius 1 is 1.56 bits per heavy atom. The lowest BCUT2D eigenvalue weighted by Crippen LogP contribution is -2.04. The lowest BCUT2D eigenvalue weighted by Gasteiger charge is -2.08. The maximum absolute atomic E-state index is 13.5. The molecule has 1 aromatic rings. The summed E-state index contributed by atoms with van der Waals surface area (Å²) in [5.41, 5.74) is 0.309. The summed E-state index contributed by atoms with van der Waals surface area (Å²) in [5, 5.41) is 10.4. The third-order valence-corrected chi connectivity index (χ3v) is 3.07. The summed E-state index contributed by atoms with van der Waals surface area (Å²) in [6.45, 7) is 2.06. The lowest BCUT2D eigenvalue weighted by atomic mass is 10.1. The predicted molar refractivity (Wildman–Crippen MR) is 64.4 cm³/mol. The average molecular weight is 290 g/mol. The number of benzene rings is 1. The van der Waals surface area contributed by atoms with Crippen LogP contribution in [-0.2, 0) is 6.42 Å². The van der Waals surface area contributed by atoms with Crippen molar-refractivity contribution >= 4 is 21.6 Å². The van der Waals surface area contributed by atoms with Gasteiger partial charge in [-0.15, -0.1) is 0 Å². The minimum Gasteiger partial charge on any atom is -0.258 e. The van der Waals surface area contributed by atoms with Gasteiger partial charge >= 0.3 is 0 Å². The summed E-state index contributed by atoms with van der Waals surface area (Å²) in [6, 6.07) is 3.79. The third-order valence-electron chi connectivity index (χ3n) is 2.29. The zero-order valence-electron chi connectivity index (χ0n) is 8.95. The number of rotatable bonds is 5. The Labute approximate surface area is 102 Å². The number of hydrogen-bond donors (Lipinski definition) is 0. The predicted octanol–water partition coefficient (Wildman–Crippen LogP) is 3.84. The smallest absolute Gasteiger partial charge is 0.258 e. The molecule has 0 N–H and O–H groups in total. The quantitative estimate of drug-likeness (QED) is 0.470. The number of non-ortho nitro benzene ring substituents is 1. The summed E-state index contributed by atoms with van der Waals surface area (Å²) < 4.78 is 13.5. The van der Waals surface area contributed by atoms with Crippen LogP contribution in [0.15, 0.2) is 18.2 Å². The van der Waals surface area contributed by atoms with Gasteiger partial charge in [-0.3, -0.25) is 10.1 Å². The highest BCUT2D eigenvalue weighted by atomic mass is 79.9. The van der Waals surface area contributed by atoms with E-state index in [1.165, 1.54) is 12.1 Å². The van der Waals surface area contributed by atoms with E-state index in [0.29, 0.717) is 12.0 Å². The van der Waals surface area contributed by atoms with Gasteiger partial charge in [-0.1, -0.05) is 29.3 Å². The Bertz CT molecular complexity index is 384. The van der Waals surface area contributed by atoms with Crippen molar-refractivity contribution in [3.8, 4) is 0 Å². The Morgan fingerprint density at radius 3 is 2.75 bits per heavy atom. The number of nitrogens with zero attached hydrogens (tertiary/aromatic N) is 1. The zero-order chi connectivity index (χ0) is 12.1. The number of halogens is 2. The van der Waals surface area contributed by atoms with E-state index in [-0.39, 0.29) is 10.5 Å². The molecule has 0 aliphatic heterocycles. The highest BCUT2D eigenvalue weighted by Crippen LogP contribution is 2.21. The van der Waals surface area contributed by atoms with Crippen molar-refractivity contribution in [2.75, 3.05) is 0 Å². The second-order valence-corrected chi connectivity index (χ2v) is 4.92. The van der Waals surface area contributed by atoms with Crippen molar-refractivity contribution in [2.24, 2.45) is 0 Å². The minimum absolute atomic E-state index is 0.206. The summed E-state index contributed by atoms with van der Waals surface area (Å²) in [6.07, 6.45) is 2.53. The van der Waals surface area contributed by atoms with Crippen LogP contribution in [0.5, 0.6) is 0 Å². The number of alkyl halides is 1. The Balaban J connectivity index is 2.79. The van der Waals surface area contributed by atoms with E-state index >= 15 is 0 Å². The van der Waals surface area contributed by atoms with Gasteiger partial charge < -0.3 is 0 Å². The molecule has 0 fully saturated rings.